The minimum Gasteiger partial charge on any atom is -0.342 e. The molecule has 0 spiro atoms. The average Bonchev–Trinajstić information content (AvgIpc) is 2.51. The number of carbonyl (C=O) groups excluding carboxylic acids is 2. The highest BCUT2D eigenvalue weighted by Gasteiger charge is 2.12. The summed E-state index contributed by atoms with van der Waals surface area (Å²) in [5.74, 6) is -0.846. The van der Waals surface area contributed by atoms with E-state index < -0.39 is 5.91 Å². The van der Waals surface area contributed by atoms with Crippen LogP contribution >= 0.6 is 0 Å². The summed E-state index contributed by atoms with van der Waals surface area (Å²) in [4.78, 5) is 35.3. The molecule has 2 rings (SSSR count). The molecule has 126 valence electrons. The Bertz CT molecular complexity index is 832. The van der Waals surface area contributed by atoms with Crippen molar-refractivity contribution < 1.29 is 9.59 Å². The van der Waals surface area contributed by atoms with Gasteiger partial charge in [0.15, 0.2) is 0 Å². The SMILES string of the molecule is Cc1cc(C)c(NC(=O)CNC(=O)c2ccc(=O)n(C)n2)c(C)c1. The number of anilines is 1. The molecule has 0 saturated heterocycles. The summed E-state index contributed by atoms with van der Waals surface area (Å²) in [5.41, 5.74) is 3.57. The standard InChI is InChI=1S/C17H20N4O3/c1-10-7-11(2)16(12(3)8-10)19-14(22)9-18-17(24)13-5-6-15(23)21(4)20-13/h5-8H,9H2,1-4H3,(H,18,24)(H,19,22). The molecule has 2 amide bonds. The van der Waals surface area contributed by atoms with E-state index in [4.69, 9.17) is 0 Å². The fourth-order valence-corrected chi connectivity index (χ4v) is 2.44. The van der Waals surface area contributed by atoms with Crippen LogP contribution in [0.1, 0.15) is 27.2 Å². The van der Waals surface area contributed by atoms with E-state index in [2.05, 4.69) is 15.7 Å². The highest BCUT2D eigenvalue weighted by molar-refractivity contribution is 5.98. The molecule has 0 aliphatic carbocycles. The predicted octanol–water partition coefficient (Wildman–Crippen LogP) is 1.07. The zero-order valence-corrected chi connectivity index (χ0v) is 14.1. The van der Waals surface area contributed by atoms with Gasteiger partial charge in [-0.25, -0.2) is 4.68 Å². The van der Waals surface area contributed by atoms with Crippen molar-refractivity contribution >= 4 is 17.5 Å². The summed E-state index contributed by atoms with van der Waals surface area (Å²) in [6, 6.07) is 6.54. The van der Waals surface area contributed by atoms with E-state index in [1.807, 2.05) is 32.9 Å². The van der Waals surface area contributed by atoms with Crippen molar-refractivity contribution in [3.05, 3.63) is 57.0 Å². The van der Waals surface area contributed by atoms with Gasteiger partial charge in [0.1, 0.15) is 5.69 Å². The van der Waals surface area contributed by atoms with E-state index >= 15 is 0 Å². The largest absolute Gasteiger partial charge is 0.342 e. The van der Waals surface area contributed by atoms with Gasteiger partial charge in [-0.05, 0) is 38.0 Å². The van der Waals surface area contributed by atoms with E-state index in [0.717, 1.165) is 27.1 Å². The molecule has 0 unspecified atom stereocenters. The molecule has 0 fully saturated rings. The first-order valence-corrected chi connectivity index (χ1v) is 7.48. The first kappa shape index (κ1) is 17.4. The summed E-state index contributed by atoms with van der Waals surface area (Å²) in [5, 5.41) is 9.12. The number of amides is 2. The molecule has 2 N–H and O–H groups in total. The zero-order chi connectivity index (χ0) is 17.9. The van der Waals surface area contributed by atoms with Crippen molar-refractivity contribution in [2.24, 2.45) is 7.05 Å². The Hall–Kier alpha value is -2.96. The van der Waals surface area contributed by atoms with Gasteiger partial charge >= 0.3 is 0 Å². The third-order valence-electron chi connectivity index (χ3n) is 3.54. The van der Waals surface area contributed by atoms with Gasteiger partial charge in [0.2, 0.25) is 5.91 Å². The van der Waals surface area contributed by atoms with Crippen LogP contribution in [0.15, 0.2) is 29.1 Å². The summed E-state index contributed by atoms with van der Waals surface area (Å²) < 4.78 is 1.06. The van der Waals surface area contributed by atoms with Crippen LogP contribution in [0.2, 0.25) is 0 Å². The molecule has 0 bridgehead atoms. The number of aromatic nitrogens is 2. The molecule has 0 aliphatic heterocycles. The van der Waals surface area contributed by atoms with Gasteiger partial charge < -0.3 is 10.6 Å². The number of hydrogen-bond donors (Lipinski definition) is 2. The molecule has 0 radical (unpaired) electrons. The Morgan fingerprint density at radius 3 is 2.33 bits per heavy atom. The highest BCUT2D eigenvalue weighted by Crippen LogP contribution is 2.21. The maximum Gasteiger partial charge on any atom is 0.272 e. The fourth-order valence-electron chi connectivity index (χ4n) is 2.44. The molecule has 1 aromatic carbocycles. The van der Waals surface area contributed by atoms with E-state index in [1.54, 1.807) is 0 Å². The van der Waals surface area contributed by atoms with Gasteiger partial charge in [-0.15, -0.1) is 0 Å². The van der Waals surface area contributed by atoms with Crippen molar-refractivity contribution in [1.82, 2.24) is 15.1 Å². The third-order valence-corrected chi connectivity index (χ3v) is 3.54. The summed E-state index contributed by atoms with van der Waals surface area (Å²) in [6.45, 7) is 5.65. The molecule has 7 heteroatoms. The lowest BCUT2D eigenvalue weighted by molar-refractivity contribution is -0.115. The second-order valence-electron chi connectivity index (χ2n) is 5.68. The van der Waals surface area contributed by atoms with Gasteiger partial charge in [-0.2, -0.15) is 5.10 Å². The maximum atomic E-state index is 12.1. The second kappa shape index (κ2) is 7.08. The van der Waals surface area contributed by atoms with Crippen molar-refractivity contribution in [3.63, 3.8) is 0 Å². The zero-order valence-electron chi connectivity index (χ0n) is 14.1. The summed E-state index contributed by atoms with van der Waals surface area (Å²) >= 11 is 0. The molecule has 1 heterocycles. The highest BCUT2D eigenvalue weighted by atomic mass is 16.2. The Morgan fingerprint density at radius 1 is 1.12 bits per heavy atom. The van der Waals surface area contributed by atoms with Gasteiger partial charge in [0, 0.05) is 18.8 Å². The molecule has 0 aliphatic rings. The number of carbonyl (C=O) groups is 2. The number of benzene rings is 1. The maximum absolute atomic E-state index is 12.1. The Morgan fingerprint density at radius 2 is 1.75 bits per heavy atom. The van der Waals surface area contributed by atoms with Crippen LogP contribution in [0.3, 0.4) is 0 Å². The van der Waals surface area contributed by atoms with Crippen LogP contribution in [-0.2, 0) is 11.8 Å². The Kier molecular flexibility index (Phi) is 5.13. The van der Waals surface area contributed by atoms with Gasteiger partial charge in [-0.1, -0.05) is 17.7 Å². The van der Waals surface area contributed by atoms with Crippen LogP contribution in [0, 0.1) is 20.8 Å². The summed E-state index contributed by atoms with van der Waals surface area (Å²) in [7, 11) is 1.45. The van der Waals surface area contributed by atoms with Crippen LogP contribution < -0.4 is 16.2 Å². The van der Waals surface area contributed by atoms with Crippen molar-refractivity contribution in [2.45, 2.75) is 20.8 Å². The number of nitrogens with zero attached hydrogens (tertiary/aromatic N) is 2. The van der Waals surface area contributed by atoms with Crippen molar-refractivity contribution in [3.8, 4) is 0 Å². The third kappa shape index (κ3) is 4.07. The van der Waals surface area contributed by atoms with Crippen LogP contribution in [0.25, 0.3) is 0 Å². The van der Waals surface area contributed by atoms with Crippen LogP contribution in [0.4, 0.5) is 5.69 Å². The average molecular weight is 328 g/mol. The lowest BCUT2D eigenvalue weighted by atomic mass is 10.1. The molecule has 1 aromatic heterocycles. The predicted molar refractivity (Wildman–Crippen MR) is 91.1 cm³/mol. The molecule has 24 heavy (non-hydrogen) atoms. The van der Waals surface area contributed by atoms with Crippen molar-refractivity contribution in [1.29, 1.82) is 0 Å². The molecule has 0 atom stereocenters. The molecular formula is C17H20N4O3. The van der Waals surface area contributed by atoms with E-state index in [9.17, 15) is 14.4 Å². The molecular weight excluding hydrogens is 308 g/mol. The number of aryl methyl sites for hydroxylation is 4. The topological polar surface area (TPSA) is 93.1 Å². The molecule has 2 aromatic rings. The minimum atomic E-state index is -0.516. The second-order valence-corrected chi connectivity index (χ2v) is 5.68. The van der Waals surface area contributed by atoms with Gasteiger partial charge in [-0.3, -0.25) is 14.4 Å². The van der Waals surface area contributed by atoms with Gasteiger partial charge in [0.05, 0.1) is 6.54 Å². The fraction of sp³-hybridized carbons (Fsp3) is 0.294. The normalized spacial score (nSPS) is 10.3. The number of rotatable bonds is 4. The lowest BCUT2D eigenvalue weighted by Crippen LogP contribution is -2.34. The van der Waals surface area contributed by atoms with Crippen LogP contribution in [-0.4, -0.2) is 28.1 Å². The molecule has 0 saturated carbocycles. The first-order chi connectivity index (χ1) is 11.3. The Balaban J connectivity index is 1.99. The van der Waals surface area contributed by atoms with E-state index in [0.29, 0.717) is 0 Å². The smallest absolute Gasteiger partial charge is 0.272 e. The van der Waals surface area contributed by atoms with Crippen molar-refractivity contribution in [2.75, 3.05) is 11.9 Å². The lowest BCUT2D eigenvalue weighted by Gasteiger charge is -2.13. The van der Waals surface area contributed by atoms with Crippen LogP contribution in [0.5, 0.6) is 0 Å². The van der Waals surface area contributed by atoms with Gasteiger partial charge in [0.25, 0.3) is 11.5 Å². The molecule has 7 nitrogen and oxygen atoms in total. The number of nitrogens with one attached hydrogen (secondary N) is 2. The monoisotopic (exact) mass is 328 g/mol. The van der Waals surface area contributed by atoms with E-state index in [-0.39, 0.29) is 23.7 Å². The van der Waals surface area contributed by atoms with E-state index in [1.165, 1.54) is 19.2 Å². The first-order valence-electron chi connectivity index (χ1n) is 7.48. The number of hydrogen-bond acceptors (Lipinski definition) is 4. The summed E-state index contributed by atoms with van der Waals surface area (Å²) in [6.07, 6.45) is 0. The Labute approximate surface area is 139 Å². The quantitative estimate of drug-likeness (QED) is 0.878. The minimum absolute atomic E-state index is 0.0765.